The minimum atomic E-state index is 0.532. The molecule has 0 amide bonds. The van der Waals surface area contributed by atoms with E-state index in [0.717, 1.165) is 24.9 Å². The van der Waals surface area contributed by atoms with Crippen LogP contribution in [0.15, 0.2) is 18.2 Å². The Morgan fingerprint density at radius 3 is 2.94 bits per heavy atom. The van der Waals surface area contributed by atoms with E-state index in [4.69, 9.17) is 11.6 Å². The smallest absolute Gasteiger partial charge is 0.153 e. The molecular weight excluding hydrogens is 246 g/mol. The highest BCUT2D eigenvalue weighted by Crippen LogP contribution is 2.31. The number of halogens is 1. The highest BCUT2D eigenvalue weighted by Gasteiger charge is 2.22. The standard InChI is InChI=1S/C15H20ClNO/c1-2-12-7-4-3-5-10-17(12)15-9-6-8-14(16)13(15)11-18/h6,8-9,11-12H,2-5,7,10H2,1H3. The molecule has 1 fully saturated rings. The van der Waals surface area contributed by atoms with Gasteiger partial charge in [-0.3, -0.25) is 4.79 Å². The van der Waals surface area contributed by atoms with Crippen molar-refractivity contribution in [2.45, 2.75) is 45.1 Å². The number of hydrogen-bond donors (Lipinski definition) is 0. The normalized spacial score (nSPS) is 20.6. The molecule has 0 aromatic heterocycles. The summed E-state index contributed by atoms with van der Waals surface area (Å²) in [5, 5.41) is 0.557. The van der Waals surface area contributed by atoms with Gasteiger partial charge < -0.3 is 4.90 Å². The first-order valence-corrected chi connectivity index (χ1v) is 7.16. The molecule has 0 spiro atoms. The van der Waals surface area contributed by atoms with Gasteiger partial charge in [0.25, 0.3) is 0 Å². The molecule has 1 unspecified atom stereocenters. The van der Waals surface area contributed by atoms with Crippen molar-refractivity contribution in [3.63, 3.8) is 0 Å². The topological polar surface area (TPSA) is 20.3 Å². The van der Waals surface area contributed by atoms with Crippen molar-refractivity contribution in [3.8, 4) is 0 Å². The minimum Gasteiger partial charge on any atom is -0.368 e. The molecule has 98 valence electrons. The summed E-state index contributed by atoms with van der Waals surface area (Å²) in [7, 11) is 0. The lowest BCUT2D eigenvalue weighted by Gasteiger charge is -2.32. The molecule has 0 saturated carbocycles. The van der Waals surface area contributed by atoms with Crippen molar-refractivity contribution >= 4 is 23.6 Å². The average molecular weight is 266 g/mol. The third-order valence-electron chi connectivity index (χ3n) is 3.81. The van der Waals surface area contributed by atoms with Gasteiger partial charge in [-0.2, -0.15) is 0 Å². The number of rotatable bonds is 3. The van der Waals surface area contributed by atoms with E-state index in [1.165, 1.54) is 25.7 Å². The first-order valence-electron chi connectivity index (χ1n) is 6.78. The van der Waals surface area contributed by atoms with E-state index in [0.29, 0.717) is 16.6 Å². The van der Waals surface area contributed by atoms with Gasteiger partial charge in [0.1, 0.15) is 0 Å². The lowest BCUT2D eigenvalue weighted by atomic mass is 10.1. The summed E-state index contributed by atoms with van der Waals surface area (Å²) in [6, 6.07) is 6.27. The van der Waals surface area contributed by atoms with Crippen LogP contribution in [0.25, 0.3) is 0 Å². The van der Waals surface area contributed by atoms with E-state index >= 15 is 0 Å². The molecule has 2 nitrogen and oxygen atoms in total. The predicted molar refractivity (Wildman–Crippen MR) is 76.7 cm³/mol. The van der Waals surface area contributed by atoms with Crippen LogP contribution >= 0.6 is 11.6 Å². The second kappa shape index (κ2) is 6.24. The Labute approximate surface area is 114 Å². The quantitative estimate of drug-likeness (QED) is 0.759. The van der Waals surface area contributed by atoms with E-state index in [1.807, 2.05) is 12.1 Å². The molecule has 1 atom stereocenters. The summed E-state index contributed by atoms with van der Waals surface area (Å²) in [6.07, 6.45) is 6.97. The van der Waals surface area contributed by atoms with Gasteiger partial charge in [0.15, 0.2) is 6.29 Å². The van der Waals surface area contributed by atoms with E-state index in [2.05, 4.69) is 11.8 Å². The van der Waals surface area contributed by atoms with Crippen LogP contribution in [0, 0.1) is 0 Å². The molecule has 1 aromatic rings. The van der Waals surface area contributed by atoms with Gasteiger partial charge in [-0.25, -0.2) is 0 Å². The largest absolute Gasteiger partial charge is 0.368 e. The molecule has 2 rings (SSSR count). The van der Waals surface area contributed by atoms with Gasteiger partial charge in [-0.15, -0.1) is 0 Å². The van der Waals surface area contributed by atoms with Gasteiger partial charge in [0.05, 0.1) is 10.6 Å². The third-order valence-corrected chi connectivity index (χ3v) is 4.14. The summed E-state index contributed by atoms with van der Waals surface area (Å²) >= 11 is 6.12. The zero-order chi connectivity index (χ0) is 13.0. The first kappa shape index (κ1) is 13.4. The molecule has 1 saturated heterocycles. The van der Waals surface area contributed by atoms with Crippen molar-refractivity contribution in [1.82, 2.24) is 0 Å². The highest BCUT2D eigenvalue weighted by molar-refractivity contribution is 6.33. The van der Waals surface area contributed by atoms with Crippen molar-refractivity contribution in [2.75, 3.05) is 11.4 Å². The molecule has 18 heavy (non-hydrogen) atoms. The van der Waals surface area contributed by atoms with Gasteiger partial charge in [-0.05, 0) is 31.4 Å². The number of aldehydes is 1. The molecule has 0 aliphatic carbocycles. The van der Waals surface area contributed by atoms with Crippen molar-refractivity contribution in [2.24, 2.45) is 0 Å². The Hall–Kier alpha value is -1.02. The Bertz CT molecular complexity index is 419. The van der Waals surface area contributed by atoms with Crippen LogP contribution in [0.5, 0.6) is 0 Å². The van der Waals surface area contributed by atoms with Crippen LogP contribution in [0.2, 0.25) is 5.02 Å². The van der Waals surface area contributed by atoms with Crippen molar-refractivity contribution in [3.05, 3.63) is 28.8 Å². The molecule has 1 aliphatic rings. The van der Waals surface area contributed by atoms with E-state index in [-0.39, 0.29) is 0 Å². The fourth-order valence-electron chi connectivity index (χ4n) is 2.81. The lowest BCUT2D eigenvalue weighted by Crippen LogP contribution is -2.35. The number of nitrogens with zero attached hydrogens (tertiary/aromatic N) is 1. The SMILES string of the molecule is CCC1CCCCCN1c1cccc(Cl)c1C=O. The van der Waals surface area contributed by atoms with Crippen molar-refractivity contribution < 1.29 is 4.79 Å². The maximum absolute atomic E-state index is 11.3. The van der Waals surface area contributed by atoms with Crippen LogP contribution in [-0.4, -0.2) is 18.9 Å². The predicted octanol–water partition coefficient (Wildman–Crippen LogP) is 4.31. The molecule has 1 heterocycles. The van der Waals surface area contributed by atoms with Crippen LogP contribution in [-0.2, 0) is 0 Å². The summed E-state index contributed by atoms with van der Waals surface area (Å²) in [4.78, 5) is 13.6. The second-order valence-corrected chi connectivity index (χ2v) is 5.30. The second-order valence-electron chi connectivity index (χ2n) is 4.90. The molecule has 3 heteroatoms. The fourth-order valence-corrected chi connectivity index (χ4v) is 3.03. The maximum Gasteiger partial charge on any atom is 0.153 e. The van der Waals surface area contributed by atoms with Gasteiger partial charge in [0, 0.05) is 18.3 Å². The number of anilines is 1. The number of carbonyl (C=O) groups excluding carboxylic acids is 1. The number of hydrogen-bond acceptors (Lipinski definition) is 2. The summed E-state index contributed by atoms with van der Waals surface area (Å²) in [5.74, 6) is 0. The summed E-state index contributed by atoms with van der Waals surface area (Å²) in [6.45, 7) is 3.24. The third kappa shape index (κ3) is 2.69. The zero-order valence-corrected chi connectivity index (χ0v) is 11.6. The summed E-state index contributed by atoms with van der Waals surface area (Å²) in [5.41, 5.74) is 1.64. The van der Waals surface area contributed by atoms with Gasteiger partial charge >= 0.3 is 0 Å². The Kier molecular flexibility index (Phi) is 4.65. The molecule has 0 radical (unpaired) electrons. The zero-order valence-electron chi connectivity index (χ0n) is 10.9. The van der Waals surface area contributed by atoms with Crippen LogP contribution in [0.1, 0.15) is 49.4 Å². The summed E-state index contributed by atoms with van der Waals surface area (Å²) < 4.78 is 0. The van der Waals surface area contributed by atoms with Crippen LogP contribution in [0.3, 0.4) is 0 Å². The molecule has 0 N–H and O–H groups in total. The molecule has 1 aromatic carbocycles. The molecule has 1 aliphatic heterocycles. The maximum atomic E-state index is 11.3. The molecule has 0 bridgehead atoms. The first-order chi connectivity index (χ1) is 8.77. The molecular formula is C15H20ClNO. The Morgan fingerprint density at radius 1 is 1.39 bits per heavy atom. The van der Waals surface area contributed by atoms with Crippen molar-refractivity contribution in [1.29, 1.82) is 0 Å². The fraction of sp³-hybridized carbons (Fsp3) is 0.533. The van der Waals surface area contributed by atoms with Crippen LogP contribution in [0.4, 0.5) is 5.69 Å². The van der Waals surface area contributed by atoms with E-state index < -0.39 is 0 Å². The van der Waals surface area contributed by atoms with Gasteiger partial charge in [0.2, 0.25) is 0 Å². The highest BCUT2D eigenvalue weighted by atomic mass is 35.5. The van der Waals surface area contributed by atoms with E-state index in [9.17, 15) is 4.79 Å². The lowest BCUT2D eigenvalue weighted by molar-refractivity contribution is 0.112. The number of carbonyl (C=O) groups is 1. The monoisotopic (exact) mass is 265 g/mol. The van der Waals surface area contributed by atoms with Gasteiger partial charge in [-0.1, -0.05) is 37.4 Å². The van der Waals surface area contributed by atoms with E-state index in [1.54, 1.807) is 6.07 Å². The average Bonchev–Trinajstić information content (AvgIpc) is 2.63. The Morgan fingerprint density at radius 2 is 2.22 bits per heavy atom. The number of benzene rings is 1. The minimum absolute atomic E-state index is 0.532. The van der Waals surface area contributed by atoms with Crippen LogP contribution < -0.4 is 4.90 Å². The Balaban J connectivity index is 2.38.